The summed E-state index contributed by atoms with van der Waals surface area (Å²) >= 11 is 0. The number of rotatable bonds is 2. The van der Waals surface area contributed by atoms with Crippen LogP contribution < -0.4 is 4.90 Å². The van der Waals surface area contributed by atoms with E-state index in [9.17, 15) is 13.9 Å². The van der Waals surface area contributed by atoms with Gasteiger partial charge in [-0.1, -0.05) is 6.07 Å². The van der Waals surface area contributed by atoms with Crippen LogP contribution in [0.25, 0.3) is 0 Å². The van der Waals surface area contributed by atoms with Crippen LogP contribution in [0.15, 0.2) is 30.5 Å². The minimum absolute atomic E-state index is 0.267. The fraction of sp³-hybridized carbons (Fsp3) is 0.333. The number of β-amino-alcohol motifs (C(OH)–C–C–N with tert-alkyl or cyclic N) is 1. The van der Waals surface area contributed by atoms with Crippen LogP contribution in [0.1, 0.15) is 23.7 Å². The van der Waals surface area contributed by atoms with Gasteiger partial charge in [0.1, 0.15) is 0 Å². The van der Waals surface area contributed by atoms with Gasteiger partial charge in [0.2, 0.25) is 5.95 Å². The van der Waals surface area contributed by atoms with Crippen molar-refractivity contribution < 1.29 is 13.9 Å². The second kappa shape index (κ2) is 5.37. The van der Waals surface area contributed by atoms with Crippen LogP contribution in [0.3, 0.4) is 0 Å². The van der Waals surface area contributed by atoms with Crippen LogP contribution in [0, 0.1) is 18.6 Å². The highest BCUT2D eigenvalue weighted by Crippen LogP contribution is 2.35. The number of anilines is 1. The summed E-state index contributed by atoms with van der Waals surface area (Å²) < 4.78 is 26.5. The molecule has 3 rings (SSSR count). The maximum Gasteiger partial charge on any atom is 0.226 e. The molecule has 0 spiro atoms. The monoisotopic (exact) mass is 291 g/mol. The maximum absolute atomic E-state index is 13.4. The minimum atomic E-state index is -0.890. The van der Waals surface area contributed by atoms with Gasteiger partial charge in [0.25, 0.3) is 0 Å². The van der Waals surface area contributed by atoms with Gasteiger partial charge in [-0.2, -0.15) is 0 Å². The number of aliphatic hydroxyl groups excluding tert-OH is 1. The fourth-order valence-electron chi connectivity index (χ4n) is 2.64. The molecule has 0 unspecified atom stereocenters. The molecule has 0 saturated carbocycles. The number of benzene rings is 1. The summed E-state index contributed by atoms with van der Waals surface area (Å²) in [7, 11) is 0. The summed E-state index contributed by atoms with van der Waals surface area (Å²) in [6.45, 7) is 2.22. The first-order chi connectivity index (χ1) is 10.0. The Hall–Kier alpha value is -2.08. The van der Waals surface area contributed by atoms with E-state index in [-0.39, 0.29) is 6.04 Å². The quantitative estimate of drug-likeness (QED) is 0.923. The lowest BCUT2D eigenvalue weighted by molar-refractivity contribution is 0.194. The summed E-state index contributed by atoms with van der Waals surface area (Å²) in [5.41, 5.74) is 1.42. The van der Waals surface area contributed by atoms with Gasteiger partial charge in [0.05, 0.1) is 12.1 Å². The Balaban J connectivity index is 1.97. The zero-order valence-electron chi connectivity index (χ0n) is 11.5. The summed E-state index contributed by atoms with van der Waals surface area (Å²) in [5.74, 6) is -1.28. The number of hydrogen-bond acceptors (Lipinski definition) is 4. The highest BCUT2D eigenvalue weighted by Gasteiger charge is 2.34. The summed E-state index contributed by atoms with van der Waals surface area (Å²) in [4.78, 5) is 10.4. The Labute approximate surface area is 121 Å². The van der Waals surface area contributed by atoms with Crippen LogP contribution in [-0.2, 0) is 0 Å². The van der Waals surface area contributed by atoms with Crippen molar-refractivity contribution in [2.75, 3.05) is 11.4 Å². The topological polar surface area (TPSA) is 49.2 Å². The Morgan fingerprint density at radius 2 is 2.05 bits per heavy atom. The standard InChI is InChI=1S/C15H15F2N3O/c1-9-4-5-18-15(19-9)20-8-11(21)7-14(20)10-2-3-12(16)13(17)6-10/h2-6,11,14,21H,7-8H2,1H3/t11-,14-/m1/s1. The number of aromatic nitrogens is 2. The number of aliphatic hydroxyl groups is 1. The Morgan fingerprint density at radius 3 is 2.76 bits per heavy atom. The van der Waals surface area contributed by atoms with Crippen molar-refractivity contribution in [3.8, 4) is 0 Å². The lowest BCUT2D eigenvalue weighted by Gasteiger charge is -2.24. The molecule has 1 fully saturated rings. The Kier molecular flexibility index (Phi) is 3.55. The van der Waals surface area contributed by atoms with Gasteiger partial charge in [0, 0.05) is 18.4 Å². The molecule has 1 aliphatic rings. The zero-order valence-corrected chi connectivity index (χ0v) is 11.5. The molecule has 1 aromatic carbocycles. The van der Waals surface area contributed by atoms with Gasteiger partial charge in [0.15, 0.2) is 11.6 Å². The van der Waals surface area contributed by atoms with Crippen molar-refractivity contribution in [2.45, 2.75) is 25.5 Å². The molecule has 1 saturated heterocycles. The molecular formula is C15H15F2N3O. The molecule has 2 heterocycles. The molecule has 0 amide bonds. The molecule has 0 bridgehead atoms. The van der Waals surface area contributed by atoms with Crippen LogP contribution >= 0.6 is 0 Å². The predicted molar refractivity (Wildman–Crippen MR) is 73.8 cm³/mol. The van der Waals surface area contributed by atoms with E-state index >= 15 is 0 Å². The predicted octanol–water partition coefficient (Wildman–Crippen LogP) is 2.38. The third-order valence-corrected chi connectivity index (χ3v) is 3.65. The summed E-state index contributed by atoms with van der Waals surface area (Å²) in [6, 6.07) is 5.31. The molecule has 21 heavy (non-hydrogen) atoms. The molecule has 6 heteroatoms. The molecule has 0 aliphatic carbocycles. The normalized spacial score (nSPS) is 21.8. The van der Waals surface area contributed by atoms with Crippen LogP contribution in [0.4, 0.5) is 14.7 Å². The second-order valence-corrected chi connectivity index (χ2v) is 5.23. The number of hydrogen-bond donors (Lipinski definition) is 1. The molecule has 1 aromatic heterocycles. The second-order valence-electron chi connectivity index (χ2n) is 5.23. The summed E-state index contributed by atoms with van der Waals surface area (Å²) in [6.07, 6.45) is 1.53. The van der Waals surface area contributed by atoms with Crippen LogP contribution in [0.2, 0.25) is 0 Å². The van der Waals surface area contributed by atoms with Gasteiger partial charge in [-0.15, -0.1) is 0 Å². The van der Waals surface area contributed by atoms with E-state index in [0.717, 1.165) is 11.8 Å². The van der Waals surface area contributed by atoms with Crippen molar-refractivity contribution in [1.29, 1.82) is 0 Å². The highest BCUT2D eigenvalue weighted by atomic mass is 19.2. The Bertz CT molecular complexity index is 665. The average Bonchev–Trinajstić information content (AvgIpc) is 2.84. The van der Waals surface area contributed by atoms with E-state index in [1.165, 1.54) is 12.1 Å². The first kappa shape index (κ1) is 13.9. The number of halogens is 2. The van der Waals surface area contributed by atoms with Gasteiger partial charge in [-0.25, -0.2) is 18.7 Å². The summed E-state index contributed by atoms with van der Waals surface area (Å²) in [5, 5.41) is 9.92. The molecule has 4 nitrogen and oxygen atoms in total. The van der Waals surface area contributed by atoms with Crippen molar-refractivity contribution in [2.24, 2.45) is 0 Å². The van der Waals surface area contributed by atoms with E-state index in [4.69, 9.17) is 0 Å². The molecular weight excluding hydrogens is 276 g/mol. The average molecular weight is 291 g/mol. The van der Waals surface area contributed by atoms with Gasteiger partial charge in [-0.05, 0) is 37.1 Å². The van der Waals surface area contributed by atoms with Gasteiger partial charge in [-0.3, -0.25) is 0 Å². The van der Waals surface area contributed by atoms with E-state index in [1.54, 1.807) is 12.3 Å². The molecule has 1 aliphatic heterocycles. The van der Waals surface area contributed by atoms with Crippen molar-refractivity contribution in [3.05, 3.63) is 53.4 Å². The maximum atomic E-state index is 13.4. The molecule has 2 atom stereocenters. The number of nitrogens with zero attached hydrogens (tertiary/aromatic N) is 3. The van der Waals surface area contributed by atoms with Crippen molar-refractivity contribution >= 4 is 5.95 Å². The van der Waals surface area contributed by atoms with Gasteiger partial charge < -0.3 is 10.0 Å². The Morgan fingerprint density at radius 1 is 1.24 bits per heavy atom. The first-order valence-corrected chi connectivity index (χ1v) is 6.74. The van der Waals surface area contributed by atoms with E-state index in [2.05, 4.69) is 9.97 Å². The molecule has 110 valence electrons. The molecule has 2 aromatic rings. The zero-order chi connectivity index (χ0) is 15.0. The lowest BCUT2D eigenvalue weighted by Crippen LogP contribution is -2.26. The fourth-order valence-corrected chi connectivity index (χ4v) is 2.64. The third kappa shape index (κ3) is 2.71. The van der Waals surface area contributed by atoms with Crippen LogP contribution in [-0.4, -0.2) is 27.7 Å². The van der Waals surface area contributed by atoms with E-state index in [0.29, 0.717) is 24.5 Å². The molecule has 0 radical (unpaired) electrons. The highest BCUT2D eigenvalue weighted by molar-refractivity contribution is 5.39. The largest absolute Gasteiger partial charge is 0.391 e. The minimum Gasteiger partial charge on any atom is -0.391 e. The van der Waals surface area contributed by atoms with Crippen LogP contribution in [0.5, 0.6) is 0 Å². The van der Waals surface area contributed by atoms with Crippen molar-refractivity contribution in [1.82, 2.24) is 9.97 Å². The first-order valence-electron chi connectivity index (χ1n) is 6.74. The molecule has 1 N–H and O–H groups in total. The smallest absolute Gasteiger partial charge is 0.226 e. The van der Waals surface area contributed by atoms with Gasteiger partial charge >= 0.3 is 0 Å². The lowest BCUT2D eigenvalue weighted by atomic mass is 10.0. The number of aryl methyl sites for hydroxylation is 1. The van der Waals surface area contributed by atoms with E-state index < -0.39 is 17.7 Å². The van der Waals surface area contributed by atoms with Crippen molar-refractivity contribution in [3.63, 3.8) is 0 Å². The third-order valence-electron chi connectivity index (χ3n) is 3.65. The SMILES string of the molecule is Cc1ccnc(N2C[C@H](O)C[C@@H]2c2ccc(F)c(F)c2)n1. The van der Waals surface area contributed by atoms with E-state index in [1.807, 2.05) is 11.8 Å².